The third-order valence-corrected chi connectivity index (χ3v) is 6.34. The largest absolute Gasteiger partial charge is 0.455 e. The lowest BCUT2D eigenvalue weighted by Crippen LogP contribution is -2.48. The SMILES string of the molecule is Cc1c(C(=O)N2CCC(O)(Cn3ccnc3C)CC2)oc2c1C(=O)CC(C)(C)C2. The molecule has 1 aliphatic carbocycles. The number of furan rings is 1. The standard InChI is InChI=1S/C22H29N3O4/c1-14-18-16(26)11-21(3,4)12-17(18)29-19(14)20(27)24-8-5-22(28,6-9-24)13-25-10-7-23-15(25)2/h7,10,28H,5-6,8-9,11-13H2,1-4H3. The second-order valence-corrected chi connectivity index (χ2v) is 9.41. The molecule has 0 unspecified atom stereocenters. The first-order valence-corrected chi connectivity index (χ1v) is 10.2. The fourth-order valence-electron chi connectivity index (χ4n) is 4.60. The van der Waals surface area contributed by atoms with Gasteiger partial charge in [0.05, 0.1) is 17.7 Å². The van der Waals surface area contributed by atoms with Crippen LogP contribution in [0.25, 0.3) is 0 Å². The van der Waals surface area contributed by atoms with E-state index in [1.165, 1.54) is 0 Å². The maximum absolute atomic E-state index is 13.1. The van der Waals surface area contributed by atoms with Crippen LogP contribution in [0.2, 0.25) is 0 Å². The van der Waals surface area contributed by atoms with Crippen molar-refractivity contribution in [2.45, 2.75) is 65.5 Å². The van der Waals surface area contributed by atoms with E-state index in [9.17, 15) is 14.7 Å². The van der Waals surface area contributed by atoms with Crippen molar-refractivity contribution in [3.63, 3.8) is 0 Å². The van der Waals surface area contributed by atoms with E-state index in [1.54, 1.807) is 18.0 Å². The smallest absolute Gasteiger partial charge is 0.289 e. The number of aliphatic hydroxyl groups is 1. The molecular weight excluding hydrogens is 370 g/mol. The van der Waals surface area contributed by atoms with Crippen LogP contribution in [-0.4, -0.2) is 49.9 Å². The Morgan fingerprint density at radius 3 is 2.55 bits per heavy atom. The lowest BCUT2D eigenvalue weighted by atomic mass is 9.76. The molecule has 1 amide bonds. The summed E-state index contributed by atoms with van der Waals surface area (Å²) in [5.41, 5.74) is 0.235. The number of imidazole rings is 1. The van der Waals surface area contributed by atoms with Crippen LogP contribution in [0.3, 0.4) is 0 Å². The molecule has 4 rings (SSSR count). The average molecular weight is 399 g/mol. The molecule has 2 aromatic heterocycles. The molecule has 29 heavy (non-hydrogen) atoms. The summed E-state index contributed by atoms with van der Waals surface area (Å²) in [6, 6.07) is 0. The second-order valence-electron chi connectivity index (χ2n) is 9.41. The molecule has 7 nitrogen and oxygen atoms in total. The summed E-state index contributed by atoms with van der Waals surface area (Å²) >= 11 is 0. The Labute approximate surface area is 170 Å². The number of carbonyl (C=O) groups excluding carboxylic acids is 2. The highest BCUT2D eigenvalue weighted by atomic mass is 16.4. The third-order valence-electron chi connectivity index (χ3n) is 6.34. The molecule has 7 heteroatoms. The Kier molecular flexibility index (Phi) is 4.69. The van der Waals surface area contributed by atoms with Crippen LogP contribution < -0.4 is 0 Å². The Balaban J connectivity index is 1.48. The summed E-state index contributed by atoms with van der Waals surface area (Å²) < 4.78 is 7.86. The number of hydrogen-bond acceptors (Lipinski definition) is 5. The van der Waals surface area contributed by atoms with Gasteiger partial charge in [-0.1, -0.05) is 13.8 Å². The highest BCUT2D eigenvalue weighted by Crippen LogP contribution is 2.39. The number of hydrogen-bond donors (Lipinski definition) is 1. The number of carbonyl (C=O) groups is 2. The first-order chi connectivity index (χ1) is 13.6. The number of rotatable bonds is 3. The van der Waals surface area contributed by atoms with Gasteiger partial charge < -0.3 is 19.0 Å². The van der Waals surface area contributed by atoms with E-state index in [0.717, 1.165) is 5.82 Å². The first-order valence-electron chi connectivity index (χ1n) is 10.2. The van der Waals surface area contributed by atoms with Crippen LogP contribution in [0, 0.1) is 19.3 Å². The van der Waals surface area contributed by atoms with E-state index in [4.69, 9.17) is 4.42 Å². The quantitative estimate of drug-likeness (QED) is 0.857. The molecular formula is C22H29N3O4. The van der Waals surface area contributed by atoms with E-state index >= 15 is 0 Å². The first kappa shape index (κ1) is 19.9. The summed E-state index contributed by atoms with van der Waals surface area (Å²) in [6.07, 6.45) is 5.69. The van der Waals surface area contributed by atoms with Gasteiger partial charge >= 0.3 is 0 Å². The fourth-order valence-corrected chi connectivity index (χ4v) is 4.60. The summed E-state index contributed by atoms with van der Waals surface area (Å²) in [4.78, 5) is 31.6. The molecule has 1 aliphatic heterocycles. The van der Waals surface area contributed by atoms with E-state index in [-0.39, 0.29) is 22.9 Å². The van der Waals surface area contributed by atoms with Crippen LogP contribution in [0.4, 0.5) is 0 Å². The van der Waals surface area contributed by atoms with Gasteiger partial charge in [-0.3, -0.25) is 9.59 Å². The van der Waals surface area contributed by atoms with E-state index in [0.29, 0.717) is 62.2 Å². The molecule has 0 radical (unpaired) electrons. The lowest BCUT2D eigenvalue weighted by molar-refractivity contribution is -0.0301. The minimum absolute atomic E-state index is 0.0558. The second kappa shape index (κ2) is 6.83. The molecule has 156 valence electrons. The van der Waals surface area contributed by atoms with Crippen molar-refractivity contribution in [3.05, 3.63) is 40.9 Å². The molecule has 1 N–H and O–H groups in total. The number of ketones is 1. The number of amides is 1. The Hall–Kier alpha value is -2.41. The van der Waals surface area contributed by atoms with Gasteiger partial charge in [0, 0.05) is 43.9 Å². The van der Waals surface area contributed by atoms with Crippen LogP contribution in [-0.2, 0) is 13.0 Å². The van der Waals surface area contributed by atoms with Crippen LogP contribution in [0.15, 0.2) is 16.8 Å². The maximum atomic E-state index is 13.1. The molecule has 2 aromatic rings. The van der Waals surface area contributed by atoms with Gasteiger partial charge in [0.1, 0.15) is 11.6 Å². The minimum atomic E-state index is -0.861. The van der Waals surface area contributed by atoms with E-state index < -0.39 is 5.60 Å². The topological polar surface area (TPSA) is 88.6 Å². The van der Waals surface area contributed by atoms with Gasteiger partial charge in [0.15, 0.2) is 11.5 Å². The number of Topliss-reactive ketones (excluding diaryl/α,β-unsaturated/α-hetero) is 1. The van der Waals surface area contributed by atoms with Crippen LogP contribution in [0.5, 0.6) is 0 Å². The monoisotopic (exact) mass is 399 g/mol. The number of nitrogens with zero attached hydrogens (tertiary/aromatic N) is 3. The molecule has 0 atom stereocenters. The molecule has 0 spiro atoms. The average Bonchev–Trinajstić information content (AvgIpc) is 3.17. The van der Waals surface area contributed by atoms with E-state index in [2.05, 4.69) is 4.98 Å². The number of piperidine rings is 1. The van der Waals surface area contributed by atoms with Gasteiger partial charge in [-0.2, -0.15) is 0 Å². The van der Waals surface area contributed by atoms with Gasteiger partial charge in [-0.05, 0) is 32.1 Å². The van der Waals surface area contributed by atoms with E-state index in [1.807, 2.05) is 31.5 Å². The Morgan fingerprint density at radius 1 is 1.24 bits per heavy atom. The number of fused-ring (bicyclic) bond motifs is 1. The Morgan fingerprint density at radius 2 is 1.93 bits per heavy atom. The molecule has 1 saturated heterocycles. The van der Waals surface area contributed by atoms with Crippen molar-refractivity contribution in [2.24, 2.45) is 5.41 Å². The van der Waals surface area contributed by atoms with Crippen molar-refractivity contribution < 1.29 is 19.1 Å². The zero-order valence-corrected chi connectivity index (χ0v) is 17.6. The molecule has 3 heterocycles. The molecule has 0 aromatic carbocycles. The highest BCUT2D eigenvalue weighted by Gasteiger charge is 2.39. The minimum Gasteiger partial charge on any atom is -0.455 e. The summed E-state index contributed by atoms with van der Waals surface area (Å²) in [6.45, 7) is 9.17. The van der Waals surface area contributed by atoms with Crippen molar-refractivity contribution in [1.29, 1.82) is 0 Å². The maximum Gasteiger partial charge on any atom is 0.289 e. The molecule has 0 saturated carbocycles. The van der Waals surface area contributed by atoms with Gasteiger partial charge in [-0.25, -0.2) is 4.98 Å². The summed E-state index contributed by atoms with van der Waals surface area (Å²) in [5, 5.41) is 11.0. The fraction of sp³-hybridized carbons (Fsp3) is 0.591. The zero-order valence-electron chi connectivity index (χ0n) is 17.6. The van der Waals surface area contributed by atoms with Crippen molar-refractivity contribution in [2.75, 3.05) is 13.1 Å². The molecule has 0 bridgehead atoms. The van der Waals surface area contributed by atoms with Gasteiger partial charge in [-0.15, -0.1) is 0 Å². The third kappa shape index (κ3) is 3.64. The van der Waals surface area contributed by atoms with Crippen molar-refractivity contribution in [3.8, 4) is 0 Å². The highest BCUT2D eigenvalue weighted by molar-refractivity contribution is 6.03. The van der Waals surface area contributed by atoms with Crippen LogP contribution >= 0.6 is 0 Å². The molecule has 1 fully saturated rings. The van der Waals surface area contributed by atoms with Gasteiger partial charge in [0.2, 0.25) is 0 Å². The van der Waals surface area contributed by atoms with Crippen molar-refractivity contribution in [1.82, 2.24) is 14.5 Å². The number of aryl methyl sites for hydroxylation is 1. The zero-order chi connectivity index (χ0) is 21.0. The summed E-state index contributed by atoms with van der Waals surface area (Å²) in [7, 11) is 0. The van der Waals surface area contributed by atoms with Crippen LogP contribution in [0.1, 0.15) is 71.2 Å². The van der Waals surface area contributed by atoms with Crippen molar-refractivity contribution >= 4 is 11.7 Å². The van der Waals surface area contributed by atoms with Gasteiger partial charge in [0.25, 0.3) is 5.91 Å². The predicted molar refractivity (Wildman–Crippen MR) is 107 cm³/mol. The Bertz CT molecular complexity index is 961. The number of aromatic nitrogens is 2. The number of likely N-dealkylation sites (tertiary alicyclic amines) is 1. The summed E-state index contributed by atoms with van der Waals surface area (Å²) in [5.74, 6) is 1.64. The lowest BCUT2D eigenvalue weighted by Gasteiger charge is -2.38. The predicted octanol–water partition coefficient (Wildman–Crippen LogP) is 2.92. The molecule has 2 aliphatic rings. The normalized spacial score (nSPS) is 20.6.